The Morgan fingerprint density at radius 2 is 1.86 bits per heavy atom. The first-order chi connectivity index (χ1) is 10.0. The molecule has 0 saturated carbocycles. The van der Waals surface area contributed by atoms with Gasteiger partial charge in [0.15, 0.2) is 0 Å². The van der Waals surface area contributed by atoms with Crippen molar-refractivity contribution in [2.24, 2.45) is 4.36 Å². The fourth-order valence-electron chi connectivity index (χ4n) is 2.06. The highest BCUT2D eigenvalue weighted by Crippen LogP contribution is 2.21. The molecule has 0 bridgehead atoms. The van der Waals surface area contributed by atoms with Gasteiger partial charge in [-0.1, -0.05) is 34.1 Å². The molecule has 3 rings (SSSR count). The number of nitrogens with zero attached hydrogens (tertiary/aromatic N) is 1. The lowest BCUT2D eigenvalue weighted by molar-refractivity contribution is 0.553. The number of rotatable bonds is 3. The van der Waals surface area contributed by atoms with E-state index in [2.05, 4.69) is 20.3 Å². The van der Waals surface area contributed by atoms with Crippen molar-refractivity contribution >= 4 is 36.6 Å². The molecule has 0 saturated heterocycles. The number of hydrogen-bond donors (Lipinski definition) is 0. The van der Waals surface area contributed by atoms with Gasteiger partial charge in [0.2, 0.25) is 0 Å². The van der Waals surface area contributed by atoms with Crippen molar-refractivity contribution in [1.29, 1.82) is 0 Å². The fourth-order valence-corrected chi connectivity index (χ4v) is 3.49. The first-order valence-electron chi connectivity index (χ1n) is 6.45. The summed E-state index contributed by atoms with van der Waals surface area (Å²) in [6.07, 6.45) is 1.65. The van der Waals surface area contributed by atoms with Crippen molar-refractivity contribution in [2.45, 2.75) is 11.4 Å². The number of furan rings is 1. The highest BCUT2D eigenvalue weighted by Gasteiger charge is 2.07. The predicted octanol–water partition coefficient (Wildman–Crippen LogP) is 4.85. The molecule has 1 atom stereocenters. The van der Waals surface area contributed by atoms with Gasteiger partial charge < -0.3 is 4.42 Å². The van der Waals surface area contributed by atoms with Gasteiger partial charge in [0, 0.05) is 21.0 Å². The predicted molar refractivity (Wildman–Crippen MR) is 88.8 cm³/mol. The molecule has 0 aliphatic heterocycles. The van der Waals surface area contributed by atoms with Gasteiger partial charge in [-0.2, -0.15) is 0 Å². The quantitative estimate of drug-likeness (QED) is 0.667. The summed E-state index contributed by atoms with van der Waals surface area (Å²) in [5.41, 5.74) is 0.828. The molecule has 0 radical (unpaired) electrons. The molecule has 0 aliphatic carbocycles. The van der Waals surface area contributed by atoms with Crippen LogP contribution in [0.2, 0.25) is 0 Å². The molecule has 2 aromatic carbocycles. The Labute approximate surface area is 132 Å². The molecule has 0 amide bonds. The number of hydrogen-bond acceptors (Lipinski definition) is 3. The van der Waals surface area contributed by atoms with Gasteiger partial charge in [0.05, 0.1) is 9.73 Å². The molecule has 3 nitrogen and oxygen atoms in total. The number of benzene rings is 2. The fraction of sp³-hybridized carbons (Fsp3) is 0.125. The summed E-state index contributed by atoms with van der Waals surface area (Å²) in [6, 6.07) is 17.1. The van der Waals surface area contributed by atoms with Gasteiger partial charge in [-0.05, 0) is 36.4 Å². The Balaban J connectivity index is 1.90. The lowest BCUT2D eigenvalue weighted by atomic mass is 10.2. The third-order valence-corrected chi connectivity index (χ3v) is 5.49. The van der Waals surface area contributed by atoms with Crippen LogP contribution in [0.15, 0.2) is 72.7 Å². The van der Waals surface area contributed by atoms with Crippen LogP contribution in [0.3, 0.4) is 0 Å². The maximum atomic E-state index is 12.7. The van der Waals surface area contributed by atoms with Crippen molar-refractivity contribution < 1.29 is 8.63 Å². The first-order valence-corrected chi connectivity index (χ1v) is 9.17. The Hall–Kier alpha value is -1.59. The summed E-state index contributed by atoms with van der Waals surface area (Å²) in [7, 11) is -2.42. The van der Waals surface area contributed by atoms with E-state index >= 15 is 0 Å². The van der Waals surface area contributed by atoms with E-state index in [1.165, 1.54) is 0 Å². The van der Waals surface area contributed by atoms with Gasteiger partial charge >= 0.3 is 0 Å². The minimum atomic E-state index is -2.42. The van der Waals surface area contributed by atoms with Gasteiger partial charge in [-0.15, -0.1) is 0 Å². The van der Waals surface area contributed by atoms with Crippen LogP contribution in [-0.2, 0) is 16.3 Å². The van der Waals surface area contributed by atoms with E-state index < -0.39 is 9.73 Å². The molecule has 1 aromatic heterocycles. The summed E-state index contributed by atoms with van der Waals surface area (Å²) in [4.78, 5) is 0.724. The van der Waals surface area contributed by atoms with Crippen LogP contribution in [0, 0.1) is 0 Å². The average Bonchev–Trinajstić information content (AvgIpc) is 2.89. The molecule has 0 N–H and O–H groups in total. The van der Waals surface area contributed by atoms with Crippen LogP contribution in [-0.4, -0.2) is 10.5 Å². The van der Waals surface area contributed by atoms with E-state index in [1.54, 1.807) is 6.26 Å². The van der Waals surface area contributed by atoms with Gasteiger partial charge in [0.1, 0.15) is 17.9 Å². The normalized spacial score (nSPS) is 14.0. The first kappa shape index (κ1) is 14.4. The highest BCUT2D eigenvalue weighted by molar-refractivity contribution is 9.10. The van der Waals surface area contributed by atoms with E-state index in [4.69, 9.17) is 4.42 Å². The van der Waals surface area contributed by atoms with Crippen LogP contribution in [0.25, 0.3) is 11.0 Å². The van der Waals surface area contributed by atoms with Crippen molar-refractivity contribution in [3.05, 3.63) is 64.8 Å². The molecule has 0 fully saturated rings. The second-order valence-electron chi connectivity index (χ2n) is 4.79. The number of fused-ring (bicyclic) bond motifs is 1. The Bertz CT molecular complexity index is 857. The second kappa shape index (κ2) is 5.66. The monoisotopic (exact) mass is 363 g/mol. The molecule has 5 heteroatoms. The van der Waals surface area contributed by atoms with Gasteiger partial charge in [-0.3, -0.25) is 0 Å². The summed E-state index contributed by atoms with van der Waals surface area (Å²) < 4.78 is 23.7. The van der Waals surface area contributed by atoms with Crippen molar-refractivity contribution in [3.8, 4) is 0 Å². The topological polar surface area (TPSA) is 42.6 Å². The molecule has 21 heavy (non-hydrogen) atoms. The Morgan fingerprint density at radius 1 is 1.14 bits per heavy atom. The molecule has 1 unspecified atom stereocenters. The van der Waals surface area contributed by atoms with Crippen molar-refractivity contribution in [1.82, 2.24) is 0 Å². The lowest BCUT2D eigenvalue weighted by Gasteiger charge is -2.04. The molecule has 0 spiro atoms. The third kappa shape index (κ3) is 3.19. The zero-order valence-corrected chi connectivity index (χ0v) is 13.9. The van der Waals surface area contributed by atoms with Crippen LogP contribution in [0.5, 0.6) is 0 Å². The minimum Gasteiger partial charge on any atom is -0.459 e. The van der Waals surface area contributed by atoms with E-state index in [0.717, 1.165) is 26.1 Å². The highest BCUT2D eigenvalue weighted by atomic mass is 79.9. The summed E-state index contributed by atoms with van der Waals surface area (Å²) in [6.45, 7) is 0.306. The molecular weight excluding hydrogens is 350 g/mol. The maximum absolute atomic E-state index is 12.7. The van der Waals surface area contributed by atoms with Crippen molar-refractivity contribution in [2.75, 3.05) is 6.26 Å². The number of para-hydroxylation sites is 1. The number of halogens is 1. The van der Waals surface area contributed by atoms with Gasteiger partial charge in [0.25, 0.3) is 0 Å². The average molecular weight is 364 g/mol. The second-order valence-corrected chi connectivity index (χ2v) is 8.04. The molecule has 1 heterocycles. The van der Waals surface area contributed by atoms with E-state index in [0.29, 0.717) is 6.54 Å². The molecule has 0 aliphatic rings. The molecule has 3 aromatic rings. The van der Waals surface area contributed by atoms with Crippen molar-refractivity contribution in [3.63, 3.8) is 0 Å². The van der Waals surface area contributed by atoms with Crippen LogP contribution >= 0.6 is 15.9 Å². The van der Waals surface area contributed by atoms with E-state index in [1.807, 2.05) is 54.6 Å². The largest absolute Gasteiger partial charge is 0.459 e. The van der Waals surface area contributed by atoms with E-state index in [-0.39, 0.29) is 0 Å². The lowest BCUT2D eigenvalue weighted by Crippen LogP contribution is -1.98. The standard InChI is InChI=1S/C16H14BrNO2S/c1-21(19,15-8-6-13(17)7-9-15)18-11-14-10-12-4-2-3-5-16(12)20-14/h2-10H,11H2,1H3. The third-order valence-electron chi connectivity index (χ3n) is 3.19. The smallest absolute Gasteiger partial charge is 0.134 e. The minimum absolute atomic E-state index is 0.306. The zero-order chi connectivity index (χ0) is 14.9. The zero-order valence-electron chi connectivity index (χ0n) is 11.5. The SMILES string of the molecule is CS(=O)(=NCc1cc2ccccc2o1)c1ccc(Br)cc1. The summed E-state index contributed by atoms with van der Waals surface area (Å²) >= 11 is 3.37. The summed E-state index contributed by atoms with van der Waals surface area (Å²) in [5, 5.41) is 1.04. The van der Waals surface area contributed by atoms with Crippen LogP contribution in [0.1, 0.15) is 5.76 Å². The molecular formula is C16H14BrNO2S. The Morgan fingerprint density at radius 3 is 2.57 bits per heavy atom. The van der Waals surface area contributed by atoms with Crippen LogP contribution < -0.4 is 0 Å². The van der Waals surface area contributed by atoms with Crippen LogP contribution in [0.4, 0.5) is 0 Å². The van der Waals surface area contributed by atoms with Gasteiger partial charge in [-0.25, -0.2) is 8.57 Å². The van der Waals surface area contributed by atoms with E-state index in [9.17, 15) is 4.21 Å². The molecule has 108 valence electrons. The maximum Gasteiger partial charge on any atom is 0.134 e. The Kier molecular flexibility index (Phi) is 3.87. The summed E-state index contributed by atoms with van der Waals surface area (Å²) in [5.74, 6) is 0.725.